The summed E-state index contributed by atoms with van der Waals surface area (Å²) in [5.41, 5.74) is 2.21. The normalized spacial score (nSPS) is 18.3. The molecule has 30 heavy (non-hydrogen) atoms. The smallest absolute Gasteiger partial charge is 0.317 e. The molecule has 164 valence electrons. The Balaban J connectivity index is 1.48. The first kappa shape index (κ1) is 22.1. The number of carbonyl (C=O) groups excluding carboxylic acids is 3. The molecule has 1 aromatic rings. The number of hydrogen-bond donors (Lipinski definition) is 1. The molecule has 0 aromatic heterocycles. The van der Waals surface area contributed by atoms with Crippen molar-refractivity contribution < 1.29 is 14.4 Å². The van der Waals surface area contributed by atoms with Crippen LogP contribution in [0.2, 0.25) is 0 Å². The van der Waals surface area contributed by atoms with Crippen LogP contribution in [-0.2, 0) is 16.1 Å². The fourth-order valence-corrected chi connectivity index (χ4v) is 4.06. The summed E-state index contributed by atoms with van der Waals surface area (Å²) in [6.45, 7) is 9.79. The van der Waals surface area contributed by atoms with E-state index in [0.717, 1.165) is 12.0 Å². The van der Waals surface area contributed by atoms with E-state index in [1.807, 2.05) is 36.1 Å². The van der Waals surface area contributed by atoms with Crippen molar-refractivity contribution in [1.82, 2.24) is 20.0 Å². The predicted octanol–water partition coefficient (Wildman–Crippen LogP) is 2.39. The van der Waals surface area contributed by atoms with E-state index in [2.05, 4.69) is 19.2 Å². The van der Waals surface area contributed by atoms with Gasteiger partial charge in [-0.05, 0) is 37.7 Å². The molecule has 2 fully saturated rings. The number of rotatable bonds is 6. The maximum Gasteiger partial charge on any atom is 0.317 e. The van der Waals surface area contributed by atoms with Crippen molar-refractivity contribution in [2.45, 2.75) is 52.6 Å². The van der Waals surface area contributed by atoms with Gasteiger partial charge in [0.05, 0.1) is 0 Å². The molecule has 2 aliphatic rings. The number of likely N-dealkylation sites (tertiary alicyclic amines) is 1. The van der Waals surface area contributed by atoms with Crippen LogP contribution in [0.25, 0.3) is 0 Å². The maximum atomic E-state index is 12.7. The van der Waals surface area contributed by atoms with Gasteiger partial charge in [0.2, 0.25) is 0 Å². The maximum absolute atomic E-state index is 12.7. The molecule has 0 unspecified atom stereocenters. The van der Waals surface area contributed by atoms with E-state index in [-0.39, 0.29) is 12.1 Å². The van der Waals surface area contributed by atoms with Crippen molar-refractivity contribution in [1.29, 1.82) is 0 Å². The van der Waals surface area contributed by atoms with E-state index in [0.29, 0.717) is 58.0 Å². The van der Waals surface area contributed by atoms with Crippen molar-refractivity contribution in [3.8, 4) is 0 Å². The van der Waals surface area contributed by atoms with E-state index < -0.39 is 11.8 Å². The zero-order chi connectivity index (χ0) is 21.7. The van der Waals surface area contributed by atoms with Gasteiger partial charge >= 0.3 is 17.8 Å². The number of carbonyl (C=O) groups is 3. The van der Waals surface area contributed by atoms with Gasteiger partial charge < -0.3 is 20.0 Å². The molecule has 4 amide bonds. The third-order valence-electron chi connectivity index (χ3n) is 6.03. The summed E-state index contributed by atoms with van der Waals surface area (Å²) in [6.07, 6.45) is 2.40. The Bertz CT molecular complexity index is 754. The van der Waals surface area contributed by atoms with Gasteiger partial charge in [-0.25, -0.2) is 4.79 Å². The lowest BCUT2D eigenvalue weighted by molar-refractivity contribution is -0.158. The van der Waals surface area contributed by atoms with Crippen LogP contribution in [0.4, 0.5) is 4.79 Å². The number of aryl methyl sites for hydroxylation is 1. The summed E-state index contributed by atoms with van der Waals surface area (Å²) in [4.78, 5) is 42.9. The standard InChI is InChI=1S/C23H34N4O3/c1-17(2)8-11-24-23(30)25-12-9-20(10-13-25)27-15-14-26(21(28)22(27)29)16-19-6-4-18(3)5-7-19/h4-7,17,20H,8-16H2,1-3H3,(H,24,30). The molecule has 1 aromatic carbocycles. The molecule has 7 nitrogen and oxygen atoms in total. The molecule has 0 atom stereocenters. The molecule has 0 radical (unpaired) electrons. The fraction of sp³-hybridized carbons (Fsp3) is 0.609. The molecular formula is C23H34N4O3. The van der Waals surface area contributed by atoms with Gasteiger partial charge in [0, 0.05) is 45.3 Å². The second-order valence-electron chi connectivity index (χ2n) is 8.84. The third-order valence-corrected chi connectivity index (χ3v) is 6.03. The van der Waals surface area contributed by atoms with Gasteiger partial charge in [-0.15, -0.1) is 0 Å². The SMILES string of the molecule is Cc1ccc(CN2CCN(C3CCN(C(=O)NCCC(C)C)CC3)C(=O)C2=O)cc1. The summed E-state index contributed by atoms with van der Waals surface area (Å²) in [5.74, 6) is -0.270. The Morgan fingerprint density at radius 3 is 2.33 bits per heavy atom. The number of nitrogens with zero attached hydrogens (tertiary/aromatic N) is 3. The first-order valence-electron chi connectivity index (χ1n) is 11.0. The lowest BCUT2D eigenvalue weighted by Crippen LogP contribution is -2.59. The minimum absolute atomic E-state index is 0.0283. The van der Waals surface area contributed by atoms with Crippen molar-refractivity contribution in [2.24, 2.45) is 5.92 Å². The molecule has 2 heterocycles. The van der Waals surface area contributed by atoms with E-state index >= 15 is 0 Å². The Hall–Kier alpha value is -2.57. The molecule has 0 spiro atoms. The van der Waals surface area contributed by atoms with Crippen LogP contribution < -0.4 is 5.32 Å². The van der Waals surface area contributed by atoms with Crippen LogP contribution in [0.3, 0.4) is 0 Å². The average molecular weight is 415 g/mol. The summed E-state index contributed by atoms with van der Waals surface area (Å²) >= 11 is 0. The van der Waals surface area contributed by atoms with Gasteiger partial charge in [0.25, 0.3) is 0 Å². The highest BCUT2D eigenvalue weighted by molar-refractivity contribution is 6.35. The zero-order valence-electron chi connectivity index (χ0n) is 18.4. The van der Waals surface area contributed by atoms with E-state index in [1.54, 1.807) is 9.80 Å². The van der Waals surface area contributed by atoms with Crippen molar-refractivity contribution in [2.75, 3.05) is 32.7 Å². The Labute approximate surface area is 179 Å². The number of hydrogen-bond acceptors (Lipinski definition) is 3. The molecule has 0 bridgehead atoms. The second-order valence-corrected chi connectivity index (χ2v) is 8.84. The number of nitrogens with one attached hydrogen (secondary N) is 1. The number of urea groups is 1. The molecule has 3 rings (SSSR count). The molecule has 2 saturated heterocycles. The topological polar surface area (TPSA) is 73.0 Å². The van der Waals surface area contributed by atoms with Gasteiger partial charge in [0.1, 0.15) is 0 Å². The second kappa shape index (κ2) is 9.96. The minimum atomic E-state index is -0.421. The van der Waals surface area contributed by atoms with Gasteiger partial charge in [-0.1, -0.05) is 43.7 Å². The lowest BCUT2D eigenvalue weighted by Gasteiger charge is -2.42. The highest BCUT2D eigenvalue weighted by Crippen LogP contribution is 2.21. The summed E-state index contributed by atoms with van der Waals surface area (Å²) in [7, 11) is 0. The van der Waals surface area contributed by atoms with Crippen molar-refractivity contribution >= 4 is 17.8 Å². The van der Waals surface area contributed by atoms with Gasteiger partial charge in [-0.3, -0.25) is 9.59 Å². The number of amides is 4. The first-order chi connectivity index (χ1) is 14.3. The average Bonchev–Trinajstić information content (AvgIpc) is 2.73. The van der Waals surface area contributed by atoms with E-state index in [9.17, 15) is 14.4 Å². The predicted molar refractivity (Wildman–Crippen MR) is 116 cm³/mol. The van der Waals surface area contributed by atoms with E-state index in [4.69, 9.17) is 0 Å². The number of piperazine rings is 1. The van der Waals surface area contributed by atoms with Crippen LogP contribution in [0.1, 0.15) is 44.2 Å². The Kier molecular flexibility index (Phi) is 7.34. The molecule has 1 N–H and O–H groups in total. The van der Waals surface area contributed by atoms with Gasteiger partial charge in [-0.2, -0.15) is 0 Å². The summed E-state index contributed by atoms with van der Waals surface area (Å²) in [5, 5.41) is 2.97. The molecule has 0 aliphatic carbocycles. The van der Waals surface area contributed by atoms with Crippen LogP contribution in [0.5, 0.6) is 0 Å². The Morgan fingerprint density at radius 2 is 1.70 bits per heavy atom. The number of benzene rings is 1. The quantitative estimate of drug-likeness (QED) is 0.727. The highest BCUT2D eigenvalue weighted by Gasteiger charge is 2.37. The van der Waals surface area contributed by atoms with E-state index in [1.165, 1.54) is 5.56 Å². The molecular weight excluding hydrogens is 380 g/mol. The first-order valence-corrected chi connectivity index (χ1v) is 11.0. The van der Waals surface area contributed by atoms with Crippen molar-refractivity contribution in [3.63, 3.8) is 0 Å². The molecule has 7 heteroatoms. The Morgan fingerprint density at radius 1 is 1.03 bits per heavy atom. The summed E-state index contributed by atoms with van der Waals surface area (Å²) < 4.78 is 0. The monoisotopic (exact) mass is 414 g/mol. The van der Waals surface area contributed by atoms with Crippen molar-refractivity contribution in [3.05, 3.63) is 35.4 Å². The number of piperidine rings is 1. The van der Waals surface area contributed by atoms with Crippen LogP contribution in [-0.4, -0.2) is 71.3 Å². The molecule has 0 saturated carbocycles. The zero-order valence-corrected chi connectivity index (χ0v) is 18.4. The highest BCUT2D eigenvalue weighted by atomic mass is 16.2. The molecule has 2 aliphatic heterocycles. The summed E-state index contributed by atoms with van der Waals surface area (Å²) in [6, 6.07) is 8.04. The largest absolute Gasteiger partial charge is 0.338 e. The van der Waals surface area contributed by atoms with Crippen LogP contribution in [0.15, 0.2) is 24.3 Å². The fourth-order valence-electron chi connectivity index (χ4n) is 4.06. The minimum Gasteiger partial charge on any atom is -0.338 e. The van der Waals surface area contributed by atoms with Crippen LogP contribution in [0, 0.1) is 12.8 Å². The lowest BCUT2D eigenvalue weighted by atomic mass is 10.0. The third kappa shape index (κ3) is 5.52. The van der Waals surface area contributed by atoms with Crippen LogP contribution >= 0.6 is 0 Å². The van der Waals surface area contributed by atoms with Gasteiger partial charge in [0.15, 0.2) is 0 Å².